The molecule has 30 heavy (non-hydrogen) atoms. The first kappa shape index (κ1) is 24.9. The summed E-state index contributed by atoms with van der Waals surface area (Å²) in [5.74, 6) is 1.52. The zero-order valence-corrected chi connectivity index (χ0v) is 20.9. The number of aliphatic hydroxyl groups is 1. The van der Waals surface area contributed by atoms with Crippen LogP contribution in [-0.2, 0) is 0 Å². The number of methoxy groups -OCH3 is 1. The van der Waals surface area contributed by atoms with Gasteiger partial charge in [0.2, 0.25) is 0 Å². The molecule has 8 heteroatoms. The molecule has 1 fully saturated rings. The second-order valence-electron chi connectivity index (χ2n) is 7.16. The maximum Gasteiger partial charge on any atom is 0.191 e. The topological polar surface area (TPSA) is 69.1 Å². The Morgan fingerprint density at radius 2 is 1.93 bits per heavy atom. The minimum atomic E-state index is -0.614. The van der Waals surface area contributed by atoms with E-state index in [1.807, 2.05) is 31.2 Å². The number of nitrogens with one attached hydrogen (secondary N) is 2. The van der Waals surface area contributed by atoms with Gasteiger partial charge in [0.05, 0.1) is 25.8 Å². The molecule has 2 aromatic rings. The molecule has 2 unspecified atom stereocenters. The number of aliphatic imine (C=N–C) groups is 1. The first-order chi connectivity index (χ1) is 14.2. The Kier molecular flexibility index (Phi) is 10.9. The van der Waals surface area contributed by atoms with Gasteiger partial charge in [0.1, 0.15) is 5.75 Å². The van der Waals surface area contributed by atoms with Gasteiger partial charge in [0.25, 0.3) is 0 Å². The van der Waals surface area contributed by atoms with Gasteiger partial charge in [-0.15, -0.1) is 35.3 Å². The molecule has 0 spiro atoms. The van der Waals surface area contributed by atoms with Crippen molar-refractivity contribution in [3.63, 3.8) is 0 Å². The number of aliphatic hydroxyl groups excluding tert-OH is 1. The van der Waals surface area contributed by atoms with Crippen molar-refractivity contribution in [2.75, 3.05) is 39.8 Å². The van der Waals surface area contributed by atoms with E-state index >= 15 is 0 Å². The molecular formula is C22H33IN4O2S. The van der Waals surface area contributed by atoms with Crippen LogP contribution in [0.4, 0.5) is 0 Å². The second-order valence-corrected chi connectivity index (χ2v) is 8.14. The molecule has 1 aliphatic rings. The molecule has 3 rings (SSSR count). The molecule has 1 aromatic heterocycles. The number of guanidine groups is 1. The molecule has 0 bridgehead atoms. The molecule has 3 N–H and O–H groups in total. The van der Waals surface area contributed by atoms with Crippen LogP contribution in [0.1, 0.15) is 42.4 Å². The van der Waals surface area contributed by atoms with Crippen LogP contribution in [0.25, 0.3) is 0 Å². The van der Waals surface area contributed by atoms with E-state index < -0.39 is 6.10 Å². The number of nitrogens with zero attached hydrogens (tertiary/aromatic N) is 2. The molecule has 6 nitrogen and oxygen atoms in total. The number of thiophene rings is 1. The van der Waals surface area contributed by atoms with Gasteiger partial charge in [-0.2, -0.15) is 0 Å². The Bertz CT molecular complexity index is 749. The lowest BCUT2D eigenvalue weighted by Gasteiger charge is -2.25. The average molecular weight is 545 g/mol. The van der Waals surface area contributed by atoms with Gasteiger partial charge < -0.3 is 20.5 Å². The highest BCUT2D eigenvalue weighted by molar-refractivity contribution is 14.0. The van der Waals surface area contributed by atoms with Gasteiger partial charge in [-0.05, 0) is 62.0 Å². The number of hydrogen-bond acceptors (Lipinski definition) is 5. The Hall–Kier alpha value is -1.36. The number of halogens is 1. The summed E-state index contributed by atoms with van der Waals surface area (Å²) < 4.78 is 5.18. The highest BCUT2D eigenvalue weighted by Gasteiger charge is 2.24. The lowest BCUT2D eigenvalue weighted by Crippen LogP contribution is -2.40. The molecule has 0 radical (unpaired) electrons. The predicted molar refractivity (Wildman–Crippen MR) is 135 cm³/mol. The van der Waals surface area contributed by atoms with Crippen molar-refractivity contribution in [1.82, 2.24) is 15.5 Å². The number of ether oxygens (including phenoxy) is 1. The van der Waals surface area contributed by atoms with Gasteiger partial charge in [-0.3, -0.25) is 9.89 Å². The first-order valence-electron chi connectivity index (χ1n) is 10.3. The van der Waals surface area contributed by atoms with Crippen LogP contribution in [0.2, 0.25) is 0 Å². The largest absolute Gasteiger partial charge is 0.497 e. The third kappa shape index (κ3) is 7.11. The fraction of sp³-hybridized carbons (Fsp3) is 0.500. The molecule has 0 aliphatic carbocycles. The van der Waals surface area contributed by atoms with Crippen LogP contribution < -0.4 is 15.4 Å². The third-order valence-electron chi connectivity index (χ3n) is 5.18. The zero-order valence-electron chi connectivity index (χ0n) is 17.7. The number of hydrogen-bond donors (Lipinski definition) is 3. The zero-order chi connectivity index (χ0) is 20.5. The van der Waals surface area contributed by atoms with Gasteiger partial charge in [0.15, 0.2) is 5.96 Å². The fourth-order valence-corrected chi connectivity index (χ4v) is 4.43. The van der Waals surface area contributed by atoms with Crippen LogP contribution in [0.5, 0.6) is 5.75 Å². The minimum Gasteiger partial charge on any atom is -0.497 e. The van der Waals surface area contributed by atoms with Crippen LogP contribution in [0, 0.1) is 0 Å². The van der Waals surface area contributed by atoms with E-state index in [1.54, 1.807) is 18.4 Å². The van der Waals surface area contributed by atoms with E-state index in [0.717, 1.165) is 36.9 Å². The summed E-state index contributed by atoms with van der Waals surface area (Å²) in [6.07, 6.45) is 1.91. The third-order valence-corrected chi connectivity index (χ3v) is 6.16. The Labute approximate surface area is 200 Å². The number of benzene rings is 1. The summed E-state index contributed by atoms with van der Waals surface area (Å²) in [5.41, 5.74) is 0.850. The highest BCUT2D eigenvalue weighted by Crippen LogP contribution is 2.28. The maximum absolute atomic E-state index is 10.5. The lowest BCUT2D eigenvalue weighted by molar-refractivity contribution is 0.180. The van der Waals surface area contributed by atoms with Crippen LogP contribution in [0.3, 0.4) is 0 Å². The van der Waals surface area contributed by atoms with E-state index in [1.165, 1.54) is 17.7 Å². The van der Waals surface area contributed by atoms with E-state index in [-0.39, 0.29) is 24.0 Å². The van der Waals surface area contributed by atoms with Gasteiger partial charge in [-0.1, -0.05) is 18.2 Å². The van der Waals surface area contributed by atoms with Crippen molar-refractivity contribution in [2.24, 2.45) is 4.99 Å². The normalized spacial score (nSPS) is 16.6. The first-order valence-corrected chi connectivity index (χ1v) is 11.2. The Balaban J connectivity index is 0.00000320. The fourth-order valence-electron chi connectivity index (χ4n) is 3.58. The summed E-state index contributed by atoms with van der Waals surface area (Å²) in [6.45, 7) is 6.20. The van der Waals surface area contributed by atoms with Crippen molar-refractivity contribution in [1.29, 1.82) is 0 Å². The lowest BCUT2D eigenvalue weighted by atomic mass is 10.1. The van der Waals surface area contributed by atoms with E-state index in [9.17, 15) is 5.11 Å². The molecule has 0 amide bonds. The second kappa shape index (κ2) is 13.1. The van der Waals surface area contributed by atoms with Crippen LogP contribution in [0.15, 0.2) is 46.8 Å². The minimum absolute atomic E-state index is 0. The summed E-state index contributed by atoms with van der Waals surface area (Å²) in [6, 6.07) is 12.1. The monoisotopic (exact) mass is 544 g/mol. The highest BCUT2D eigenvalue weighted by atomic mass is 127. The van der Waals surface area contributed by atoms with Gasteiger partial charge >= 0.3 is 0 Å². The standard InChI is InChI=1S/C22H32N4O2S.HI/c1-3-23-22(25-16-20(27)17-8-10-18(28-2)11-9-17)24-15-19(21-7-6-14-29-21)26-12-4-5-13-26;/h6-11,14,19-20,27H,3-5,12-13,15-16H2,1-2H3,(H2,23,24,25);1H. The van der Waals surface area contributed by atoms with Crippen molar-refractivity contribution in [2.45, 2.75) is 31.9 Å². The van der Waals surface area contributed by atoms with E-state index in [0.29, 0.717) is 19.1 Å². The molecule has 166 valence electrons. The van der Waals surface area contributed by atoms with Crippen molar-refractivity contribution < 1.29 is 9.84 Å². The Morgan fingerprint density at radius 1 is 1.20 bits per heavy atom. The van der Waals surface area contributed by atoms with Gasteiger partial charge in [0, 0.05) is 18.0 Å². The molecular weight excluding hydrogens is 511 g/mol. The summed E-state index contributed by atoms with van der Waals surface area (Å²) in [5, 5.41) is 19.2. The number of likely N-dealkylation sites (tertiary alicyclic amines) is 1. The summed E-state index contributed by atoms with van der Waals surface area (Å²) in [7, 11) is 1.64. The molecule has 1 saturated heterocycles. The summed E-state index contributed by atoms with van der Waals surface area (Å²) >= 11 is 1.80. The van der Waals surface area contributed by atoms with Crippen molar-refractivity contribution in [3.8, 4) is 5.75 Å². The number of rotatable bonds is 9. The van der Waals surface area contributed by atoms with Gasteiger partial charge in [-0.25, -0.2) is 0 Å². The molecule has 0 saturated carbocycles. The van der Waals surface area contributed by atoms with Crippen molar-refractivity contribution in [3.05, 3.63) is 52.2 Å². The molecule has 1 aromatic carbocycles. The Morgan fingerprint density at radius 3 is 2.53 bits per heavy atom. The maximum atomic E-state index is 10.5. The van der Waals surface area contributed by atoms with E-state index in [2.05, 4.69) is 33.0 Å². The molecule has 1 aliphatic heterocycles. The van der Waals surface area contributed by atoms with Crippen LogP contribution in [-0.4, -0.2) is 55.8 Å². The predicted octanol–water partition coefficient (Wildman–Crippen LogP) is 3.80. The quantitative estimate of drug-likeness (QED) is 0.255. The molecule has 2 atom stereocenters. The van der Waals surface area contributed by atoms with Crippen LogP contribution >= 0.6 is 35.3 Å². The SMILES string of the molecule is CCNC(=NCC(c1cccs1)N1CCCC1)NCC(O)c1ccc(OC)cc1.I. The van der Waals surface area contributed by atoms with E-state index in [4.69, 9.17) is 9.73 Å². The summed E-state index contributed by atoms with van der Waals surface area (Å²) in [4.78, 5) is 8.73. The molecule has 2 heterocycles. The smallest absolute Gasteiger partial charge is 0.191 e. The average Bonchev–Trinajstić information content (AvgIpc) is 3.47. The van der Waals surface area contributed by atoms with Crippen molar-refractivity contribution >= 4 is 41.3 Å².